The third kappa shape index (κ3) is 5.31. The van der Waals surface area contributed by atoms with Gasteiger partial charge in [-0.1, -0.05) is 42.1 Å². The van der Waals surface area contributed by atoms with Crippen molar-refractivity contribution in [1.82, 2.24) is 15.3 Å². The second-order valence-electron chi connectivity index (χ2n) is 5.75. The molecule has 0 saturated carbocycles. The third-order valence-corrected chi connectivity index (χ3v) is 3.66. The number of thioether (sulfide) groups is 1. The number of hydrogen-bond donors (Lipinski definition) is 1. The Labute approximate surface area is 125 Å². The quantitative estimate of drug-likeness (QED) is 0.673. The molecule has 0 fully saturated rings. The van der Waals surface area contributed by atoms with Gasteiger partial charge in [-0.15, -0.1) is 0 Å². The van der Waals surface area contributed by atoms with Crippen molar-refractivity contribution < 1.29 is 0 Å². The molecule has 0 bridgehead atoms. The van der Waals surface area contributed by atoms with Gasteiger partial charge in [0.2, 0.25) is 0 Å². The fraction of sp³-hybridized carbons (Fsp3) is 0.375. The van der Waals surface area contributed by atoms with Crippen LogP contribution in [0.3, 0.4) is 0 Å². The minimum absolute atomic E-state index is 0.112. The van der Waals surface area contributed by atoms with Crippen LogP contribution < -0.4 is 5.32 Å². The summed E-state index contributed by atoms with van der Waals surface area (Å²) in [5.41, 5.74) is 2.52. The lowest BCUT2D eigenvalue weighted by atomic mass is 10.1. The van der Waals surface area contributed by atoms with E-state index in [9.17, 15) is 0 Å². The second kappa shape index (κ2) is 6.86. The Kier molecular flexibility index (Phi) is 5.15. The molecule has 20 heavy (non-hydrogen) atoms. The van der Waals surface area contributed by atoms with E-state index in [1.807, 2.05) is 18.5 Å². The molecule has 1 aromatic carbocycles. The molecule has 0 saturated heterocycles. The van der Waals surface area contributed by atoms with Gasteiger partial charge in [0.05, 0.1) is 0 Å². The number of aromatic nitrogens is 2. The largest absolute Gasteiger partial charge is 0.308 e. The van der Waals surface area contributed by atoms with Crippen molar-refractivity contribution >= 4 is 11.8 Å². The van der Waals surface area contributed by atoms with E-state index >= 15 is 0 Å². The fourth-order valence-corrected chi connectivity index (χ4v) is 2.34. The Balaban J connectivity index is 1.85. The molecule has 0 aliphatic rings. The van der Waals surface area contributed by atoms with E-state index in [0.717, 1.165) is 23.0 Å². The van der Waals surface area contributed by atoms with Gasteiger partial charge in [-0.2, -0.15) is 0 Å². The maximum atomic E-state index is 4.41. The third-order valence-electron chi connectivity index (χ3n) is 2.72. The van der Waals surface area contributed by atoms with Crippen LogP contribution in [0.25, 0.3) is 0 Å². The summed E-state index contributed by atoms with van der Waals surface area (Å²) in [5.74, 6) is 0.903. The monoisotopic (exact) mass is 287 g/mol. The Morgan fingerprint density at radius 1 is 1.00 bits per heavy atom. The van der Waals surface area contributed by atoms with Crippen LogP contribution in [-0.2, 0) is 12.3 Å². The molecular weight excluding hydrogens is 266 g/mol. The van der Waals surface area contributed by atoms with Crippen molar-refractivity contribution in [3.63, 3.8) is 0 Å². The van der Waals surface area contributed by atoms with Crippen LogP contribution in [0.15, 0.2) is 47.9 Å². The van der Waals surface area contributed by atoms with Crippen molar-refractivity contribution in [2.45, 2.75) is 43.8 Å². The smallest absolute Gasteiger partial charge is 0.187 e. The zero-order valence-electron chi connectivity index (χ0n) is 12.3. The van der Waals surface area contributed by atoms with Crippen molar-refractivity contribution in [3.8, 4) is 0 Å². The van der Waals surface area contributed by atoms with E-state index in [0.29, 0.717) is 0 Å². The van der Waals surface area contributed by atoms with Crippen LogP contribution in [0.4, 0.5) is 0 Å². The first-order chi connectivity index (χ1) is 9.53. The first kappa shape index (κ1) is 15.0. The van der Waals surface area contributed by atoms with Gasteiger partial charge in [0.15, 0.2) is 5.16 Å². The van der Waals surface area contributed by atoms with Crippen LogP contribution in [0.5, 0.6) is 0 Å². The second-order valence-corrected chi connectivity index (χ2v) is 6.69. The maximum absolute atomic E-state index is 4.41. The Hall–Kier alpha value is -1.39. The molecule has 0 amide bonds. The van der Waals surface area contributed by atoms with Crippen molar-refractivity contribution in [2.75, 3.05) is 0 Å². The normalized spacial score (nSPS) is 11.6. The molecule has 0 atom stereocenters. The summed E-state index contributed by atoms with van der Waals surface area (Å²) in [7, 11) is 0. The average Bonchev–Trinajstić information content (AvgIpc) is 2.44. The van der Waals surface area contributed by atoms with Crippen molar-refractivity contribution in [1.29, 1.82) is 0 Å². The van der Waals surface area contributed by atoms with Gasteiger partial charge < -0.3 is 5.32 Å². The van der Waals surface area contributed by atoms with E-state index in [-0.39, 0.29) is 5.54 Å². The summed E-state index contributed by atoms with van der Waals surface area (Å²) in [6.45, 7) is 7.25. The minimum Gasteiger partial charge on any atom is -0.308 e. The molecule has 0 aliphatic carbocycles. The number of rotatable bonds is 5. The average molecular weight is 287 g/mol. The summed E-state index contributed by atoms with van der Waals surface area (Å²) in [6, 6.07) is 10.4. The lowest BCUT2D eigenvalue weighted by molar-refractivity contribution is 0.423. The molecule has 0 spiro atoms. The predicted octanol–water partition coefficient (Wildman–Crippen LogP) is 3.66. The first-order valence-electron chi connectivity index (χ1n) is 6.76. The van der Waals surface area contributed by atoms with E-state index in [1.54, 1.807) is 11.8 Å². The van der Waals surface area contributed by atoms with E-state index < -0.39 is 0 Å². The zero-order chi connectivity index (χ0) is 14.4. The molecule has 0 aliphatic heterocycles. The minimum atomic E-state index is 0.112. The molecule has 2 rings (SSSR count). The number of nitrogens with one attached hydrogen (secondary N) is 1. The fourth-order valence-electron chi connectivity index (χ4n) is 1.60. The van der Waals surface area contributed by atoms with Gasteiger partial charge in [-0.25, -0.2) is 9.97 Å². The molecule has 1 aromatic heterocycles. The summed E-state index contributed by atoms with van der Waals surface area (Å²) in [4.78, 5) is 8.81. The van der Waals surface area contributed by atoms with Gasteiger partial charge in [-0.05, 0) is 26.3 Å². The number of benzene rings is 1. The number of hydrogen-bond acceptors (Lipinski definition) is 4. The van der Waals surface area contributed by atoms with Crippen molar-refractivity contribution in [2.24, 2.45) is 0 Å². The molecule has 2 aromatic rings. The summed E-state index contributed by atoms with van der Waals surface area (Å²) in [5, 5.41) is 4.26. The predicted molar refractivity (Wildman–Crippen MR) is 84.6 cm³/mol. The van der Waals surface area contributed by atoms with Crippen molar-refractivity contribution in [3.05, 3.63) is 53.9 Å². The summed E-state index contributed by atoms with van der Waals surface area (Å²) >= 11 is 1.66. The van der Waals surface area contributed by atoms with E-state index in [2.05, 4.69) is 60.3 Å². The van der Waals surface area contributed by atoms with Crippen LogP contribution in [0, 0.1) is 0 Å². The lowest BCUT2D eigenvalue weighted by Gasteiger charge is -2.20. The molecule has 3 nitrogen and oxygen atoms in total. The van der Waals surface area contributed by atoms with Gasteiger partial charge in [0, 0.05) is 35.8 Å². The summed E-state index contributed by atoms with van der Waals surface area (Å²) < 4.78 is 0. The maximum Gasteiger partial charge on any atom is 0.187 e. The Bertz CT molecular complexity index is 518. The molecule has 106 valence electrons. The highest BCUT2D eigenvalue weighted by molar-refractivity contribution is 7.98. The molecular formula is C16H21N3S. The highest BCUT2D eigenvalue weighted by atomic mass is 32.2. The highest BCUT2D eigenvalue weighted by Gasteiger charge is 2.08. The molecule has 4 heteroatoms. The van der Waals surface area contributed by atoms with E-state index in [1.165, 1.54) is 5.56 Å². The van der Waals surface area contributed by atoms with Gasteiger partial charge in [0.1, 0.15) is 0 Å². The molecule has 0 radical (unpaired) electrons. The number of nitrogens with zero attached hydrogens (tertiary/aromatic N) is 2. The van der Waals surface area contributed by atoms with Crippen LogP contribution >= 0.6 is 11.8 Å². The standard InChI is InChI=1S/C16H21N3S/c1-16(2,3)19-11-14-9-17-15(18-10-14)20-12-13-7-5-4-6-8-13/h4-10,19H,11-12H2,1-3H3. The van der Waals surface area contributed by atoms with Crippen LogP contribution in [0.1, 0.15) is 31.9 Å². The molecule has 1 heterocycles. The molecule has 0 unspecified atom stereocenters. The zero-order valence-corrected chi connectivity index (χ0v) is 13.1. The van der Waals surface area contributed by atoms with Gasteiger partial charge in [-0.3, -0.25) is 0 Å². The Morgan fingerprint density at radius 2 is 1.65 bits per heavy atom. The Morgan fingerprint density at radius 3 is 2.25 bits per heavy atom. The first-order valence-corrected chi connectivity index (χ1v) is 7.74. The summed E-state index contributed by atoms with van der Waals surface area (Å²) in [6.07, 6.45) is 3.80. The van der Waals surface area contributed by atoms with Gasteiger partial charge in [0.25, 0.3) is 0 Å². The SMILES string of the molecule is CC(C)(C)NCc1cnc(SCc2ccccc2)nc1. The highest BCUT2D eigenvalue weighted by Crippen LogP contribution is 2.18. The lowest BCUT2D eigenvalue weighted by Crippen LogP contribution is -2.35. The molecule has 1 N–H and O–H groups in total. The van der Waals surface area contributed by atoms with Crippen LogP contribution in [-0.4, -0.2) is 15.5 Å². The van der Waals surface area contributed by atoms with Crippen LogP contribution in [0.2, 0.25) is 0 Å². The topological polar surface area (TPSA) is 37.8 Å². The van der Waals surface area contributed by atoms with E-state index in [4.69, 9.17) is 0 Å². The van der Waals surface area contributed by atoms with Gasteiger partial charge >= 0.3 is 0 Å².